The standard InChI is InChI=1S/C11H7FN2O/c12-10-3-1-8(2-4-10)11-9(6-15)5-13-7-14-11/h1-7H. The topological polar surface area (TPSA) is 42.9 Å². The van der Waals surface area contributed by atoms with Crippen LogP contribution in [0, 0.1) is 5.82 Å². The third-order valence-electron chi connectivity index (χ3n) is 1.99. The summed E-state index contributed by atoms with van der Waals surface area (Å²) in [6.07, 6.45) is 3.46. The molecule has 0 saturated heterocycles. The van der Waals surface area contributed by atoms with Crippen molar-refractivity contribution in [3.8, 4) is 11.3 Å². The zero-order valence-electron chi connectivity index (χ0n) is 7.72. The molecule has 0 radical (unpaired) electrons. The van der Waals surface area contributed by atoms with Crippen molar-refractivity contribution in [2.45, 2.75) is 0 Å². The molecule has 0 amide bonds. The quantitative estimate of drug-likeness (QED) is 0.700. The monoisotopic (exact) mass is 202 g/mol. The van der Waals surface area contributed by atoms with Crippen molar-refractivity contribution in [3.05, 3.63) is 48.2 Å². The van der Waals surface area contributed by atoms with Crippen molar-refractivity contribution in [3.63, 3.8) is 0 Å². The summed E-state index contributed by atoms with van der Waals surface area (Å²) in [7, 11) is 0. The van der Waals surface area contributed by atoms with E-state index in [1.807, 2.05) is 0 Å². The van der Waals surface area contributed by atoms with Gasteiger partial charge in [0.1, 0.15) is 12.1 Å². The highest BCUT2D eigenvalue weighted by Crippen LogP contribution is 2.19. The van der Waals surface area contributed by atoms with Gasteiger partial charge in [0, 0.05) is 11.8 Å². The third kappa shape index (κ3) is 1.88. The molecule has 0 aliphatic heterocycles. The molecule has 0 spiro atoms. The molecular formula is C11H7FN2O. The Morgan fingerprint density at radius 3 is 2.60 bits per heavy atom. The summed E-state index contributed by atoms with van der Waals surface area (Å²) in [6, 6.07) is 5.80. The summed E-state index contributed by atoms with van der Waals surface area (Å²) in [5.41, 5.74) is 1.60. The van der Waals surface area contributed by atoms with Crippen LogP contribution in [0.4, 0.5) is 4.39 Å². The van der Waals surface area contributed by atoms with Gasteiger partial charge in [0.15, 0.2) is 6.29 Å². The molecule has 0 saturated carbocycles. The molecule has 0 fully saturated rings. The average Bonchev–Trinajstić information content (AvgIpc) is 2.30. The van der Waals surface area contributed by atoms with Crippen LogP contribution in [0.15, 0.2) is 36.8 Å². The number of carbonyl (C=O) groups excluding carboxylic acids is 1. The Bertz CT molecular complexity index is 482. The summed E-state index contributed by atoms with van der Waals surface area (Å²) in [4.78, 5) is 18.4. The van der Waals surface area contributed by atoms with E-state index in [2.05, 4.69) is 9.97 Å². The van der Waals surface area contributed by atoms with E-state index in [0.717, 1.165) is 0 Å². The average molecular weight is 202 g/mol. The van der Waals surface area contributed by atoms with Crippen molar-refractivity contribution in [2.75, 3.05) is 0 Å². The summed E-state index contributed by atoms with van der Waals surface area (Å²) < 4.78 is 12.7. The number of hydrogen-bond donors (Lipinski definition) is 0. The Morgan fingerprint density at radius 2 is 1.93 bits per heavy atom. The van der Waals surface area contributed by atoms with Crippen LogP contribution in [-0.4, -0.2) is 16.3 Å². The van der Waals surface area contributed by atoms with Gasteiger partial charge < -0.3 is 0 Å². The summed E-state index contributed by atoms with van der Waals surface area (Å²) in [6.45, 7) is 0. The SMILES string of the molecule is O=Cc1cncnc1-c1ccc(F)cc1. The van der Waals surface area contributed by atoms with Gasteiger partial charge >= 0.3 is 0 Å². The fourth-order valence-corrected chi connectivity index (χ4v) is 1.28. The van der Waals surface area contributed by atoms with Gasteiger partial charge in [0.2, 0.25) is 0 Å². The lowest BCUT2D eigenvalue weighted by Gasteiger charge is -2.02. The minimum absolute atomic E-state index is 0.319. The third-order valence-corrected chi connectivity index (χ3v) is 1.99. The van der Waals surface area contributed by atoms with Crippen LogP contribution >= 0.6 is 0 Å². The van der Waals surface area contributed by atoms with Crippen molar-refractivity contribution < 1.29 is 9.18 Å². The highest BCUT2D eigenvalue weighted by Gasteiger charge is 2.05. The van der Waals surface area contributed by atoms with Crippen molar-refractivity contribution >= 4 is 6.29 Å². The van der Waals surface area contributed by atoms with Gasteiger partial charge in [-0.3, -0.25) is 4.79 Å². The molecule has 74 valence electrons. The first-order valence-corrected chi connectivity index (χ1v) is 4.32. The van der Waals surface area contributed by atoms with E-state index < -0.39 is 0 Å². The van der Waals surface area contributed by atoms with Gasteiger partial charge in [0.25, 0.3) is 0 Å². The molecule has 1 aromatic carbocycles. The molecule has 1 aromatic heterocycles. The largest absolute Gasteiger partial charge is 0.298 e. The van der Waals surface area contributed by atoms with Gasteiger partial charge in [-0.05, 0) is 24.3 Å². The second-order valence-corrected chi connectivity index (χ2v) is 2.95. The number of aldehydes is 1. The molecule has 0 N–H and O–H groups in total. The fourth-order valence-electron chi connectivity index (χ4n) is 1.28. The molecule has 2 rings (SSSR count). The van der Waals surface area contributed by atoms with Crippen LogP contribution < -0.4 is 0 Å². The van der Waals surface area contributed by atoms with Crippen LogP contribution in [0.5, 0.6) is 0 Å². The molecule has 0 bridgehead atoms. The molecule has 15 heavy (non-hydrogen) atoms. The Kier molecular flexibility index (Phi) is 2.49. The number of benzene rings is 1. The summed E-state index contributed by atoms with van der Waals surface area (Å²) >= 11 is 0. The van der Waals surface area contributed by atoms with Crippen molar-refractivity contribution in [2.24, 2.45) is 0 Å². The number of carbonyl (C=O) groups is 1. The van der Waals surface area contributed by atoms with Crippen molar-refractivity contribution in [1.29, 1.82) is 0 Å². The molecule has 0 aliphatic carbocycles. The second kappa shape index (κ2) is 3.96. The van der Waals surface area contributed by atoms with E-state index in [-0.39, 0.29) is 5.82 Å². The Balaban J connectivity index is 2.53. The Labute approximate surface area is 85.6 Å². The highest BCUT2D eigenvalue weighted by molar-refractivity contribution is 5.84. The maximum absolute atomic E-state index is 12.7. The normalized spacial score (nSPS) is 9.93. The minimum atomic E-state index is -0.319. The second-order valence-electron chi connectivity index (χ2n) is 2.95. The van der Waals surface area contributed by atoms with Crippen LogP contribution in [0.3, 0.4) is 0 Å². The predicted octanol–water partition coefficient (Wildman–Crippen LogP) is 2.10. The summed E-state index contributed by atoms with van der Waals surface area (Å²) in [5, 5.41) is 0. The van der Waals surface area contributed by atoms with Gasteiger partial charge in [-0.25, -0.2) is 14.4 Å². The molecule has 0 atom stereocenters. The first-order chi connectivity index (χ1) is 7.31. The fraction of sp³-hybridized carbons (Fsp3) is 0. The van der Waals surface area contributed by atoms with E-state index in [0.29, 0.717) is 23.1 Å². The number of halogens is 1. The molecule has 3 nitrogen and oxygen atoms in total. The van der Waals surface area contributed by atoms with Crippen molar-refractivity contribution in [1.82, 2.24) is 9.97 Å². The first kappa shape index (κ1) is 9.45. The van der Waals surface area contributed by atoms with E-state index in [1.54, 1.807) is 12.1 Å². The maximum atomic E-state index is 12.7. The number of rotatable bonds is 2. The van der Waals surface area contributed by atoms with Crippen LogP contribution in [-0.2, 0) is 0 Å². The predicted molar refractivity (Wildman–Crippen MR) is 52.8 cm³/mol. The van der Waals surface area contributed by atoms with Gasteiger partial charge in [-0.2, -0.15) is 0 Å². The lowest BCUT2D eigenvalue weighted by atomic mass is 10.1. The molecule has 4 heteroatoms. The van der Waals surface area contributed by atoms with E-state index in [1.165, 1.54) is 24.7 Å². The van der Waals surface area contributed by atoms with Crippen LogP contribution in [0.2, 0.25) is 0 Å². The van der Waals surface area contributed by atoms with E-state index >= 15 is 0 Å². The zero-order valence-corrected chi connectivity index (χ0v) is 7.72. The van der Waals surface area contributed by atoms with Gasteiger partial charge in [-0.15, -0.1) is 0 Å². The number of nitrogens with zero attached hydrogens (tertiary/aromatic N) is 2. The highest BCUT2D eigenvalue weighted by atomic mass is 19.1. The van der Waals surface area contributed by atoms with Gasteiger partial charge in [0.05, 0.1) is 11.3 Å². The zero-order chi connectivity index (χ0) is 10.7. The van der Waals surface area contributed by atoms with Crippen LogP contribution in [0.1, 0.15) is 10.4 Å². The molecular weight excluding hydrogens is 195 g/mol. The molecule has 0 unspecified atom stereocenters. The maximum Gasteiger partial charge on any atom is 0.153 e. The first-order valence-electron chi connectivity index (χ1n) is 4.32. The van der Waals surface area contributed by atoms with Gasteiger partial charge in [-0.1, -0.05) is 0 Å². The van der Waals surface area contributed by atoms with E-state index in [4.69, 9.17) is 0 Å². The number of aromatic nitrogens is 2. The number of hydrogen-bond acceptors (Lipinski definition) is 3. The molecule has 2 aromatic rings. The lowest BCUT2D eigenvalue weighted by molar-refractivity contribution is 0.112. The smallest absolute Gasteiger partial charge is 0.153 e. The minimum Gasteiger partial charge on any atom is -0.298 e. The lowest BCUT2D eigenvalue weighted by Crippen LogP contribution is -1.92. The van der Waals surface area contributed by atoms with E-state index in [9.17, 15) is 9.18 Å². The summed E-state index contributed by atoms with van der Waals surface area (Å²) in [5.74, 6) is -0.319. The van der Waals surface area contributed by atoms with Crippen LogP contribution in [0.25, 0.3) is 11.3 Å². The molecule has 0 aliphatic rings. The Hall–Kier alpha value is -2.10. The molecule has 1 heterocycles. The Morgan fingerprint density at radius 1 is 1.20 bits per heavy atom.